The lowest BCUT2D eigenvalue weighted by Gasteiger charge is -2.56. The number of fused-ring (bicyclic) bond motifs is 2. The summed E-state index contributed by atoms with van der Waals surface area (Å²) in [6, 6.07) is 17.5. The molecule has 372 valence electrons. The minimum atomic E-state index is -4.78. The fourth-order valence-electron chi connectivity index (χ4n) is 12.0. The number of rotatable bonds is 11. The molecule has 2 aliphatic carbocycles. The molecule has 14 nitrogen and oxygen atoms in total. The molecule has 5 aromatic rings. The van der Waals surface area contributed by atoms with Crippen molar-refractivity contribution in [2.45, 2.75) is 127 Å². The van der Waals surface area contributed by atoms with Crippen molar-refractivity contribution in [2.75, 3.05) is 36.5 Å². The summed E-state index contributed by atoms with van der Waals surface area (Å²) in [7, 11) is -4.78. The maximum absolute atomic E-state index is 14.2. The van der Waals surface area contributed by atoms with E-state index in [1.165, 1.54) is 29.8 Å². The number of nitro benzene ring substituents is 1. The number of likely N-dealkylation sites (tertiary alicyclic amines) is 1. The maximum atomic E-state index is 14.2. The van der Waals surface area contributed by atoms with Gasteiger partial charge in [-0.25, -0.2) is 18.1 Å². The minimum Gasteiger partial charge on any atom is -0.489 e. The summed E-state index contributed by atoms with van der Waals surface area (Å²) in [5.41, 5.74) is 2.31. The lowest BCUT2D eigenvalue weighted by Crippen LogP contribution is -2.54. The lowest BCUT2D eigenvalue weighted by atomic mass is 9.59. The Kier molecular flexibility index (Phi) is 12.3. The molecule has 0 radical (unpaired) electrons. The molecule has 2 saturated heterocycles. The van der Waals surface area contributed by atoms with Crippen LogP contribution in [0.25, 0.3) is 11.0 Å². The monoisotopic (exact) mass is 983 g/mol. The van der Waals surface area contributed by atoms with Gasteiger partial charge in [0.2, 0.25) is 0 Å². The van der Waals surface area contributed by atoms with E-state index >= 15 is 0 Å². The van der Waals surface area contributed by atoms with Gasteiger partial charge in [-0.15, -0.1) is 0 Å². The number of carbonyl (C=O) groups excluding carboxylic acids is 1. The molecule has 0 bridgehead atoms. The zero-order valence-corrected chi connectivity index (χ0v) is 40.7. The Hall–Kier alpha value is -5.88. The van der Waals surface area contributed by atoms with Gasteiger partial charge < -0.3 is 24.7 Å². The van der Waals surface area contributed by atoms with E-state index in [1.807, 2.05) is 0 Å². The van der Waals surface area contributed by atoms with Crippen LogP contribution in [0.4, 0.5) is 30.2 Å². The van der Waals surface area contributed by atoms with Crippen molar-refractivity contribution in [1.29, 1.82) is 0 Å². The van der Waals surface area contributed by atoms with Crippen molar-refractivity contribution in [3.63, 3.8) is 0 Å². The van der Waals surface area contributed by atoms with Gasteiger partial charge in [-0.05, 0) is 123 Å². The first kappa shape index (κ1) is 47.8. The number of anilines is 2. The van der Waals surface area contributed by atoms with Crippen LogP contribution in [0.2, 0.25) is 0 Å². The fourth-order valence-corrected chi connectivity index (χ4v) is 13.0. The summed E-state index contributed by atoms with van der Waals surface area (Å²) in [6.45, 7) is 11.7. The largest absolute Gasteiger partial charge is 0.489 e. The summed E-state index contributed by atoms with van der Waals surface area (Å²) >= 11 is 0. The van der Waals surface area contributed by atoms with E-state index in [0.29, 0.717) is 36.8 Å². The quantitative estimate of drug-likeness (QED) is 0.0849. The summed E-state index contributed by atoms with van der Waals surface area (Å²) < 4.78 is 84.2. The van der Waals surface area contributed by atoms with Crippen LogP contribution in [0.1, 0.15) is 131 Å². The Morgan fingerprint density at radius 2 is 1.74 bits per heavy atom. The van der Waals surface area contributed by atoms with Crippen molar-refractivity contribution in [2.24, 2.45) is 16.7 Å². The number of hydrogen-bond acceptors (Lipinski definition) is 11. The van der Waals surface area contributed by atoms with Crippen molar-refractivity contribution in [3.05, 3.63) is 105 Å². The van der Waals surface area contributed by atoms with E-state index in [-0.39, 0.29) is 68.9 Å². The third kappa shape index (κ3) is 9.28. The molecule has 70 heavy (non-hydrogen) atoms. The van der Waals surface area contributed by atoms with Gasteiger partial charge in [0.1, 0.15) is 23.8 Å². The van der Waals surface area contributed by atoms with Crippen LogP contribution >= 0.6 is 0 Å². The van der Waals surface area contributed by atoms with E-state index in [1.54, 1.807) is 12.1 Å². The maximum Gasteiger partial charge on any atom is 0.418 e. The first-order chi connectivity index (χ1) is 33.3. The normalized spacial score (nSPS) is 21.8. The number of hydrogen-bond donors (Lipinski definition) is 3. The molecular formula is C52H60F3N7O7S. The zero-order valence-electron chi connectivity index (χ0n) is 39.9. The van der Waals surface area contributed by atoms with Gasteiger partial charge in [-0.1, -0.05) is 52.0 Å². The number of H-pyrrole nitrogens is 1. The molecule has 1 amide bonds. The smallest absolute Gasteiger partial charge is 0.418 e. The van der Waals surface area contributed by atoms with Gasteiger partial charge in [0.25, 0.3) is 21.6 Å². The number of carbonyl (C=O) groups is 1. The van der Waals surface area contributed by atoms with Crippen molar-refractivity contribution < 1.29 is 40.8 Å². The summed E-state index contributed by atoms with van der Waals surface area (Å²) in [5, 5.41) is 15.5. The number of halogens is 3. The van der Waals surface area contributed by atoms with E-state index in [2.05, 4.69) is 81.8 Å². The van der Waals surface area contributed by atoms with Crippen LogP contribution in [0.3, 0.4) is 0 Å². The van der Waals surface area contributed by atoms with Crippen LogP contribution in [0.15, 0.2) is 78.0 Å². The predicted molar refractivity (Wildman–Crippen MR) is 260 cm³/mol. The molecular weight excluding hydrogens is 924 g/mol. The number of pyridine rings is 1. The number of ether oxygens (including phenoxy) is 2. The molecule has 1 spiro atoms. The highest BCUT2D eigenvalue weighted by molar-refractivity contribution is 7.90. The number of sulfonamides is 1. The SMILES string of the molecule is CC(C)c1ccccc1[C@@H]1CCCN1C1CC2(CCN(c3ccc(C(=O)NS(=O)(=O)c4cc5c(c([N+](=O)[O-])c4)NC(C4CCC(C)(C)CC4)CO5)c(Oc4cnc5[nH]cc(C(F)(F)F)c5c4)c3)CC2)C1. The zero-order chi connectivity index (χ0) is 49.3. The standard InChI is InChI=1S/C52H60F3N7O7S/c1-31(2)37-8-5-6-9-38(37)43-10-7-19-61(43)34-26-51(27-34)17-20-60(21-18-51)33-11-12-39(45(22-33)69-35-23-40-41(52(53,54)55)29-57-48(40)56-28-35)49(63)59-70(66,67)36-24-44(62(64)65)47-46(25-36)68-30-42(58-47)32-13-15-50(3,4)16-14-32/h5-6,8-9,11-12,22-25,28-29,31-32,34,42-43,58H,7,10,13-21,26-27,30H2,1-4H3,(H,56,57)(H,59,63)/t42?,43-/m0/s1. The Morgan fingerprint density at radius 3 is 2.46 bits per heavy atom. The Balaban J connectivity index is 0.882. The summed E-state index contributed by atoms with van der Waals surface area (Å²) in [5.74, 6) is -0.725. The van der Waals surface area contributed by atoms with Crippen molar-refractivity contribution in [1.82, 2.24) is 19.6 Å². The van der Waals surface area contributed by atoms with Crippen molar-refractivity contribution in [3.8, 4) is 17.2 Å². The number of aromatic nitrogens is 2. The number of nitrogens with one attached hydrogen (secondary N) is 3. The second-order valence-corrected chi connectivity index (χ2v) is 23.0. The molecule has 2 aromatic heterocycles. The highest BCUT2D eigenvalue weighted by atomic mass is 32.2. The second-order valence-electron chi connectivity index (χ2n) is 21.3. The summed E-state index contributed by atoms with van der Waals surface area (Å²) in [6.07, 6.45) is 7.65. The van der Waals surface area contributed by atoms with Gasteiger partial charge in [0, 0.05) is 60.6 Å². The van der Waals surface area contributed by atoms with Gasteiger partial charge in [-0.2, -0.15) is 13.2 Å². The molecule has 3 aliphatic heterocycles. The van der Waals surface area contributed by atoms with Gasteiger partial charge in [0.05, 0.1) is 33.2 Å². The molecule has 5 aliphatic rings. The van der Waals surface area contributed by atoms with Gasteiger partial charge in [0.15, 0.2) is 11.4 Å². The molecule has 4 fully saturated rings. The minimum absolute atomic E-state index is 0.0227. The molecule has 18 heteroatoms. The Morgan fingerprint density at radius 1 is 1.00 bits per heavy atom. The summed E-state index contributed by atoms with van der Waals surface area (Å²) in [4.78, 5) is 36.9. The molecule has 10 rings (SSSR count). The van der Waals surface area contributed by atoms with E-state index in [0.717, 1.165) is 88.7 Å². The highest BCUT2D eigenvalue weighted by Crippen LogP contribution is 2.55. The number of nitrogens with zero attached hydrogens (tertiary/aromatic N) is 4. The average molecular weight is 984 g/mol. The van der Waals surface area contributed by atoms with Crippen LogP contribution < -0.4 is 24.4 Å². The van der Waals surface area contributed by atoms with Crippen LogP contribution in [-0.4, -0.2) is 72.4 Å². The number of benzene rings is 3. The Bertz CT molecular complexity index is 2930. The topological polar surface area (TPSA) is 172 Å². The molecule has 2 atom stereocenters. The fraction of sp³-hybridized carbons (Fsp3) is 0.500. The Labute approximate surface area is 405 Å². The van der Waals surface area contributed by atoms with Gasteiger partial charge >= 0.3 is 6.18 Å². The number of alkyl halides is 3. The van der Waals surface area contributed by atoms with Gasteiger partial charge in [-0.3, -0.25) is 19.8 Å². The molecule has 3 N–H and O–H groups in total. The van der Waals surface area contributed by atoms with E-state index in [4.69, 9.17) is 9.47 Å². The lowest BCUT2D eigenvalue weighted by molar-refractivity contribution is -0.384. The number of nitro groups is 1. The first-order valence-corrected chi connectivity index (χ1v) is 26.0. The second kappa shape index (κ2) is 18.1. The molecule has 5 heterocycles. The van der Waals surface area contributed by atoms with Crippen molar-refractivity contribution >= 4 is 44.0 Å². The average Bonchev–Trinajstić information content (AvgIpc) is 3.98. The van der Waals surface area contributed by atoms with Crippen LogP contribution in [0.5, 0.6) is 17.2 Å². The first-order valence-electron chi connectivity index (χ1n) is 24.5. The number of aromatic amines is 1. The third-order valence-corrected chi connectivity index (χ3v) is 17.3. The molecule has 2 saturated carbocycles. The molecule has 1 unspecified atom stereocenters. The highest BCUT2D eigenvalue weighted by Gasteiger charge is 2.50. The van der Waals surface area contributed by atoms with E-state index < -0.39 is 43.2 Å². The number of piperidine rings is 1. The van der Waals surface area contributed by atoms with Crippen LogP contribution in [0, 0.1) is 26.9 Å². The van der Waals surface area contributed by atoms with Crippen LogP contribution in [-0.2, 0) is 16.2 Å². The third-order valence-electron chi connectivity index (χ3n) is 16.0. The number of amides is 1. The molecule has 3 aromatic carbocycles. The van der Waals surface area contributed by atoms with E-state index in [9.17, 15) is 36.5 Å². The predicted octanol–water partition coefficient (Wildman–Crippen LogP) is 11.5.